The Morgan fingerprint density at radius 3 is 2.13 bits per heavy atom. The molecule has 2 atom stereocenters. The van der Waals surface area contributed by atoms with Crippen LogP contribution in [0.4, 0.5) is 0 Å². The van der Waals surface area contributed by atoms with Gasteiger partial charge in [-0.1, -0.05) is 6.92 Å². The highest BCUT2D eigenvalue weighted by molar-refractivity contribution is 7.92. The first-order chi connectivity index (χ1) is 6.70. The standard InChI is InChI=1S/C8H15NO5S/c1-4-6(8(11)12)9-7(10)5(2)15(3,13)14/h5-6H,4H2,1-3H3,(H,9,10)(H,11,12)/t5?,6-/m1/s1. The Labute approximate surface area is 88.6 Å². The van der Waals surface area contributed by atoms with Gasteiger partial charge in [0.1, 0.15) is 11.3 Å². The number of hydrogen-bond donors (Lipinski definition) is 2. The van der Waals surface area contributed by atoms with E-state index in [0.29, 0.717) is 0 Å². The van der Waals surface area contributed by atoms with E-state index in [0.717, 1.165) is 6.26 Å². The SMILES string of the molecule is CC[C@@H](NC(=O)C(C)S(C)(=O)=O)C(=O)O. The van der Waals surface area contributed by atoms with Crippen LogP contribution in [0.2, 0.25) is 0 Å². The minimum absolute atomic E-state index is 0.206. The number of sulfone groups is 1. The van der Waals surface area contributed by atoms with Gasteiger partial charge in [0, 0.05) is 6.26 Å². The normalized spacial score (nSPS) is 15.4. The lowest BCUT2D eigenvalue weighted by Crippen LogP contribution is -2.46. The van der Waals surface area contributed by atoms with Gasteiger partial charge in [-0.3, -0.25) is 4.79 Å². The second-order valence-corrected chi connectivity index (χ2v) is 5.65. The molecule has 15 heavy (non-hydrogen) atoms. The summed E-state index contributed by atoms with van der Waals surface area (Å²) in [5.41, 5.74) is 0. The van der Waals surface area contributed by atoms with Crippen molar-refractivity contribution in [2.75, 3.05) is 6.26 Å². The molecule has 7 heteroatoms. The van der Waals surface area contributed by atoms with Crippen molar-refractivity contribution >= 4 is 21.7 Å². The Morgan fingerprint density at radius 1 is 1.40 bits per heavy atom. The van der Waals surface area contributed by atoms with Gasteiger partial charge in [0.2, 0.25) is 5.91 Å². The minimum Gasteiger partial charge on any atom is -0.480 e. The summed E-state index contributed by atoms with van der Waals surface area (Å²) in [7, 11) is -3.49. The molecule has 88 valence electrons. The van der Waals surface area contributed by atoms with Gasteiger partial charge >= 0.3 is 5.97 Å². The fourth-order valence-electron chi connectivity index (χ4n) is 0.822. The zero-order valence-electron chi connectivity index (χ0n) is 8.85. The third-order valence-electron chi connectivity index (χ3n) is 2.03. The van der Waals surface area contributed by atoms with E-state index >= 15 is 0 Å². The van der Waals surface area contributed by atoms with E-state index < -0.39 is 33.0 Å². The second kappa shape index (κ2) is 5.11. The number of amides is 1. The molecule has 0 aromatic heterocycles. The first-order valence-electron chi connectivity index (χ1n) is 4.42. The highest BCUT2D eigenvalue weighted by Gasteiger charge is 2.27. The van der Waals surface area contributed by atoms with Crippen LogP contribution in [-0.2, 0) is 19.4 Å². The fourth-order valence-corrected chi connectivity index (χ4v) is 1.28. The molecule has 0 heterocycles. The lowest BCUT2D eigenvalue weighted by Gasteiger charge is -2.15. The van der Waals surface area contributed by atoms with Crippen molar-refractivity contribution in [1.29, 1.82) is 0 Å². The maximum Gasteiger partial charge on any atom is 0.326 e. The van der Waals surface area contributed by atoms with Crippen molar-refractivity contribution in [3.05, 3.63) is 0 Å². The third-order valence-corrected chi connectivity index (χ3v) is 3.53. The molecule has 0 saturated carbocycles. The predicted molar refractivity (Wildman–Crippen MR) is 54.2 cm³/mol. The smallest absolute Gasteiger partial charge is 0.326 e. The number of carboxylic acid groups (broad SMARTS) is 1. The number of carbonyl (C=O) groups is 2. The molecule has 0 rings (SSSR count). The minimum atomic E-state index is -3.49. The fraction of sp³-hybridized carbons (Fsp3) is 0.750. The quantitative estimate of drug-likeness (QED) is 0.665. The average molecular weight is 237 g/mol. The Kier molecular flexibility index (Phi) is 4.73. The van der Waals surface area contributed by atoms with Gasteiger partial charge in [-0.2, -0.15) is 0 Å². The van der Waals surface area contributed by atoms with Crippen molar-refractivity contribution in [2.24, 2.45) is 0 Å². The molecule has 0 aromatic carbocycles. The average Bonchev–Trinajstić information content (AvgIpc) is 2.10. The second-order valence-electron chi connectivity index (χ2n) is 3.28. The first kappa shape index (κ1) is 13.9. The van der Waals surface area contributed by atoms with Gasteiger partial charge < -0.3 is 10.4 Å². The number of carbonyl (C=O) groups excluding carboxylic acids is 1. The van der Waals surface area contributed by atoms with Crippen LogP contribution in [0.15, 0.2) is 0 Å². The maximum atomic E-state index is 11.3. The van der Waals surface area contributed by atoms with Crippen LogP contribution in [0.5, 0.6) is 0 Å². The molecular weight excluding hydrogens is 222 g/mol. The van der Waals surface area contributed by atoms with Gasteiger partial charge in [0.25, 0.3) is 0 Å². The van der Waals surface area contributed by atoms with Gasteiger partial charge in [-0.15, -0.1) is 0 Å². The molecule has 2 N–H and O–H groups in total. The van der Waals surface area contributed by atoms with E-state index in [2.05, 4.69) is 5.32 Å². The molecule has 0 aromatic rings. The molecule has 0 aliphatic heterocycles. The molecule has 0 bridgehead atoms. The zero-order valence-corrected chi connectivity index (χ0v) is 9.67. The van der Waals surface area contributed by atoms with Gasteiger partial charge in [0.15, 0.2) is 9.84 Å². The third kappa shape index (κ3) is 4.28. The summed E-state index contributed by atoms with van der Waals surface area (Å²) >= 11 is 0. The van der Waals surface area contributed by atoms with Crippen LogP contribution in [0.25, 0.3) is 0 Å². The number of nitrogens with one attached hydrogen (secondary N) is 1. The Balaban J connectivity index is 4.56. The van der Waals surface area contributed by atoms with Crippen LogP contribution in [0.1, 0.15) is 20.3 Å². The van der Waals surface area contributed by atoms with Gasteiger partial charge in [0.05, 0.1) is 0 Å². The van der Waals surface area contributed by atoms with E-state index in [4.69, 9.17) is 5.11 Å². The number of hydrogen-bond acceptors (Lipinski definition) is 4. The van der Waals surface area contributed by atoms with E-state index in [-0.39, 0.29) is 6.42 Å². The molecule has 0 spiro atoms. The molecule has 0 saturated heterocycles. The summed E-state index contributed by atoms with van der Waals surface area (Å²) in [5, 5.41) is 9.57. The summed E-state index contributed by atoms with van der Waals surface area (Å²) in [6.45, 7) is 2.81. The number of rotatable bonds is 5. The van der Waals surface area contributed by atoms with Crippen molar-refractivity contribution in [3.8, 4) is 0 Å². The molecule has 0 aliphatic carbocycles. The molecule has 1 unspecified atom stereocenters. The van der Waals surface area contributed by atoms with Gasteiger partial charge in [-0.05, 0) is 13.3 Å². The van der Waals surface area contributed by atoms with Crippen molar-refractivity contribution in [2.45, 2.75) is 31.6 Å². The maximum absolute atomic E-state index is 11.3. The first-order valence-corrected chi connectivity index (χ1v) is 6.37. The summed E-state index contributed by atoms with van der Waals surface area (Å²) in [4.78, 5) is 21.9. The molecule has 0 aliphatic rings. The number of aliphatic carboxylic acids is 1. The monoisotopic (exact) mass is 237 g/mol. The van der Waals surface area contributed by atoms with E-state index in [9.17, 15) is 18.0 Å². The predicted octanol–water partition coefficient (Wildman–Crippen LogP) is -0.601. The van der Waals surface area contributed by atoms with Crippen LogP contribution < -0.4 is 5.32 Å². The van der Waals surface area contributed by atoms with Crippen molar-refractivity contribution in [3.63, 3.8) is 0 Å². The molecular formula is C8H15NO5S. The lowest BCUT2D eigenvalue weighted by atomic mass is 10.2. The summed E-state index contributed by atoms with van der Waals surface area (Å²) in [5.74, 6) is -1.96. The van der Waals surface area contributed by atoms with Crippen LogP contribution in [-0.4, -0.2) is 42.9 Å². The number of carboxylic acids is 1. The Morgan fingerprint density at radius 2 is 1.87 bits per heavy atom. The van der Waals surface area contributed by atoms with Crippen LogP contribution in [0.3, 0.4) is 0 Å². The van der Waals surface area contributed by atoms with Gasteiger partial charge in [-0.25, -0.2) is 13.2 Å². The largest absolute Gasteiger partial charge is 0.480 e. The van der Waals surface area contributed by atoms with Crippen LogP contribution >= 0.6 is 0 Å². The lowest BCUT2D eigenvalue weighted by molar-refractivity contribution is -0.141. The molecule has 6 nitrogen and oxygen atoms in total. The summed E-state index contributed by atoms with van der Waals surface area (Å²) in [6, 6.07) is -1.04. The Hall–Kier alpha value is -1.11. The van der Waals surface area contributed by atoms with E-state index in [1.807, 2.05) is 0 Å². The molecule has 0 radical (unpaired) electrons. The highest BCUT2D eigenvalue weighted by Crippen LogP contribution is 2.00. The summed E-state index contributed by atoms with van der Waals surface area (Å²) < 4.78 is 22.0. The van der Waals surface area contributed by atoms with E-state index in [1.54, 1.807) is 6.92 Å². The molecule has 0 fully saturated rings. The summed E-state index contributed by atoms with van der Waals surface area (Å²) in [6.07, 6.45) is 1.14. The Bertz CT molecular complexity index is 348. The topological polar surface area (TPSA) is 101 Å². The molecule has 1 amide bonds. The highest BCUT2D eigenvalue weighted by atomic mass is 32.2. The van der Waals surface area contributed by atoms with Crippen molar-refractivity contribution < 1.29 is 23.1 Å². The van der Waals surface area contributed by atoms with Crippen LogP contribution in [0, 0.1) is 0 Å². The van der Waals surface area contributed by atoms with E-state index in [1.165, 1.54) is 6.92 Å². The van der Waals surface area contributed by atoms with Crippen molar-refractivity contribution in [1.82, 2.24) is 5.32 Å². The zero-order chi connectivity index (χ0) is 12.2.